The van der Waals surface area contributed by atoms with E-state index in [1.165, 1.54) is 40.2 Å². The van der Waals surface area contributed by atoms with E-state index in [0.29, 0.717) is 0 Å². The summed E-state index contributed by atoms with van der Waals surface area (Å²) in [5, 5.41) is 0. The van der Waals surface area contributed by atoms with Gasteiger partial charge in [-0.05, 0) is 13.8 Å². The molecule has 0 spiro atoms. The van der Waals surface area contributed by atoms with Crippen molar-refractivity contribution in [2.75, 3.05) is 14.2 Å². The maximum atomic E-state index is 10.8. The molecule has 0 N–H and O–H groups in total. The normalized spacial score (nSPS) is 12.3. The monoisotopic (exact) mass is 198 g/mol. The summed E-state index contributed by atoms with van der Waals surface area (Å²) in [5.41, 5.74) is 0. The minimum Gasteiger partial charge on any atom is -0.493 e. The van der Waals surface area contributed by atoms with E-state index in [9.17, 15) is 9.59 Å². The van der Waals surface area contributed by atoms with Crippen molar-refractivity contribution < 1.29 is 19.1 Å². The van der Waals surface area contributed by atoms with Crippen LogP contribution in [0.25, 0.3) is 0 Å². The third-order valence-corrected chi connectivity index (χ3v) is 1.35. The Balaban J connectivity index is 4.98. The van der Waals surface area contributed by atoms with Crippen LogP contribution in [0.5, 0.6) is 0 Å². The molecule has 4 heteroatoms. The van der Waals surface area contributed by atoms with Crippen LogP contribution in [-0.4, -0.2) is 25.8 Å². The van der Waals surface area contributed by atoms with Crippen LogP contribution in [0, 0.1) is 0 Å². The first kappa shape index (κ1) is 12.4. The molecule has 0 aliphatic carbocycles. The predicted octanol–water partition coefficient (Wildman–Crippen LogP) is 1.22. The highest BCUT2D eigenvalue weighted by Crippen LogP contribution is 2.11. The van der Waals surface area contributed by atoms with Gasteiger partial charge in [0, 0.05) is 12.2 Å². The molecule has 0 saturated carbocycles. The molecule has 0 aromatic rings. The number of methoxy groups -OCH3 is 2. The van der Waals surface area contributed by atoms with E-state index in [1.807, 2.05) is 0 Å². The van der Waals surface area contributed by atoms with E-state index >= 15 is 0 Å². The number of rotatable bonds is 5. The first-order valence-corrected chi connectivity index (χ1v) is 4.04. The van der Waals surface area contributed by atoms with E-state index in [1.54, 1.807) is 0 Å². The quantitative estimate of drug-likeness (QED) is 0.378. The SMILES string of the molecule is COC(=C\C(C)=O)/C(=C\C(C)=O)OC. The summed E-state index contributed by atoms with van der Waals surface area (Å²) >= 11 is 0. The van der Waals surface area contributed by atoms with Crippen molar-refractivity contribution in [3.8, 4) is 0 Å². The molecular formula is C10H14O4. The Kier molecular flexibility index (Phi) is 5.29. The number of hydrogen-bond donors (Lipinski definition) is 0. The largest absolute Gasteiger partial charge is 0.493 e. The lowest BCUT2D eigenvalue weighted by atomic mass is 10.2. The van der Waals surface area contributed by atoms with Crippen molar-refractivity contribution in [3.05, 3.63) is 23.7 Å². The van der Waals surface area contributed by atoms with Gasteiger partial charge in [0.1, 0.15) is 0 Å². The van der Waals surface area contributed by atoms with Gasteiger partial charge in [-0.3, -0.25) is 9.59 Å². The Hall–Kier alpha value is -1.58. The zero-order chi connectivity index (χ0) is 11.1. The lowest BCUT2D eigenvalue weighted by molar-refractivity contribution is -0.113. The number of ether oxygens (including phenoxy) is 2. The molecular weight excluding hydrogens is 184 g/mol. The van der Waals surface area contributed by atoms with Crippen LogP contribution in [-0.2, 0) is 19.1 Å². The summed E-state index contributed by atoms with van der Waals surface area (Å²) in [4.78, 5) is 21.6. The van der Waals surface area contributed by atoms with Gasteiger partial charge in [0.25, 0.3) is 0 Å². The highest BCUT2D eigenvalue weighted by Gasteiger charge is 2.07. The third-order valence-electron chi connectivity index (χ3n) is 1.35. The Morgan fingerprint density at radius 2 is 1.14 bits per heavy atom. The van der Waals surface area contributed by atoms with Crippen LogP contribution in [0.3, 0.4) is 0 Å². The Bertz CT molecular complexity index is 256. The average molecular weight is 198 g/mol. The average Bonchev–Trinajstić information content (AvgIpc) is 2.10. The smallest absolute Gasteiger partial charge is 0.164 e. The fourth-order valence-corrected chi connectivity index (χ4v) is 0.831. The topological polar surface area (TPSA) is 52.6 Å². The molecule has 0 fully saturated rings. The molecule has 0 unspecified atom stereocenters. The summed E-state index contributed by atoms with van der Waals surface area (Å²) < 4.78 is 9.82. The van der Waals surface area contributed by atoms with Crippen LogP contribution < -0.4 is 0 Å². The Morgan fingerprint density at radius 3 is 1.29 bits per heavy atom. The zero-order valence-corrected chi connectivity index (χ0v) is 8.79. The molecule has 0 bridgehead atoms. The minimum atomic E-state index is -0.173. The van der Waals surface area contributed by atoms with Gasteiger partial charge in [0.15, 0.2) is 23.1 Å². The third kappa shape index (κ3) is 4.45. The van der Waals surface area contributed by atoms with Gasteiger partial charge in [0.05, 0.1) is 14.2 Å². The van der Waals surface area contributed by atoms with Crippen molar-refractivity contribution in [3.63, 3.8) is 0 Å². The Labute approximate surface area is 83.2 Å². The van der Waals surface area contributed by atoms with Crippen molar-refractivity contribution >= 4 is 11.6 Å². The molecule has 4 nitrogen and oxygen atoms in total. The van der Waals surface area contributed by atoms with Crippen LogP contribution in [0.1, 0.15) is 13.8 Å². The van der Waals surface area contributed by atoms with Crippen molar-refractivity contribution in [1.29, 1.82) is 0 Å². The lowest BCUT2D eigenvalue weighted by Crippen LogP contribution is -2.00. The predicted molar refractivity (Wildman–Crippen MR) is 51.5 cm³/mol. The number of hydrogen-bond acceptors (Lipinski definition) is 4. The van der Waals surface area contributed by atoms with Crippen molar-refractivity contribution in [2.45, 2.75) is 13.8 Å². The maximum absolute atomic E-state index is 10.8. The maximum Gasteiger partial charge on any atom is 0.164 e. The highest BCUT2D eigenvalue weighted by atomic mass is 16.5. The van der Waals surface area contributed by atoms with Crippen LogP contribution in [0.15, 0.2) is 23.7 Å². The van der Waals surface area contributed by atoms with Gasteiger partial charge < -0.3 is 9.47 Å². The van der Waals surface area contributed by atoms with E-state index in [2.05, 4.69) is 0 Å². The first-order chi connectivity index (χ1) is 6.51. The second-order valence-corrected chi connectivity index (χ2v) is 2.65. The van der Waals surface area contributed by atoms with E-state index in [-0.39, 0.29) is 23.1 Å². The van der Waals surface area contributed by atoms with Crippen LogP contribution >= 0.6 is 0 Å². The summed E-state index contributed by atoms with van der Waals surface area (Å²) in [7, 11) is 2.81. The molecule has 0 aliphatic rings. The second-order valence-electron chi connectivity index (χ2n) is 2.65. The van der Waals surface area contributed by atoms with Gasteiger partial charge in [0.2, 0.25) is 0 Å². The summed E-state index contributed by atoms with van der Waals surface area (Å²) in [6, 6.07) is 0. The zero-order valence-electron chi connectivity index (χ0n) is 8.79. The molecule has 14 heavy (non-hydrogen) atoms. The molecule has 0 rings (SSSR count). The highest BCUT2D eigenvalue weighted by molar-refractivity contribution is 5.90. The molecule has 0 heterocycles. The molecule has 0 amide bonds. The number of carbonyl (C=O) groups excluding carboxylic acids is 2. The van der Waals surface area contributed by atoms with E-state index in [4.69, 9.17) is 9.47 Å². The number of carbonyl (C=O) groups is 2. The summed E-state index contributed by atoms with van der Waals surface area (Å²) in [6.07, 6.45) is 2.52. The molecule has 0 atom stereocenters. The fraction of sp³-hybridized carbons (Fsp3) is 0.400. The van der Waals surface area contributed by atoms with Gasteiger partial charge >= 0.3 is 0 Å². The molecule has 0 aromatic heterocycles. The number of ketones is 2. The summed E-state index contributed by atoms with van der Waals surface area (Å²) in [6.45, 7) is 2.78. The van der Waals surface area contributed by atoms with Crippen LogP contribution in [0.2, 0.25) is 0 Å². The van der Waals surface area contributed by atoms with Gasteiger partial charge in [-0.2, -0.15) is 0 Å². The minimum absolute atomic E-state index is 0.173. The van der Waals surface area contributed by atoms with E-state index in [0.717, 1.165) is 0 Å². The van der Waals surface area contributed by atoms with Crippen molar-refractivity contribution in [2.24, 2.45) is 0 Å². The number of allylic oxidation sites excluding steroid dienone is 2. The second kappa shape index (κ2) is 5.96. The fourth-order valence-electron chi connectivity index (χ4n) is 0.831. The van der Waals surface area contributed by atoms with Gasteiger partial charge in [-0.15, -0.1) is 0 Å². The molecule has 0 radical (unpaired) electrons. The Morgan fingerprint density at radius 1 is 0.857 bits per heavy atom. The standard InChI is InChI=1S/C10H14O4/c1-7(11)5-9(13-3)10(14-4)6-8(2)12/h5-6H,1-4H3/b9-5-,10-6+. The van der Waals surface area contributed by atoms with Crippen LogP contribution in [0.4, 0.5) is 0 Å². The van der Waals surface area contributed by atoms with Gasteiger partial charge in [-0.25, -0.2) is 0 Å². The lowest BCUT2D eigenvalue weighted by Gasteiger charge is -2.08. The molecule has 0 saturated heterocycles. The first-order valence-electron chi connectivity index (χ1n) is 4.04. The molecule has 0 aromatic carbocycles. The van der Waals surface area contributed by atoms with Gasteiger partial charge in [-0.1, -0.05) is 0 Å². The summed E-state index contributed by atoms with van der Waals surface area (Å²) in [5.74, 6) is 0.145. The molecule has 78 valence electrons. The van der Waals surface area contributed by atoms with Crippen molar-refractivity contribution in [1.82, 2.24) is 0 Å². The van der Waals surface area contributed by atoms with E-state index < -0.39 is 0 Å². The molecule has 0 aliphatic heterocycles.